The van der Waals surface area contributed by atoms with Crippen molar-refractivity contribution in [2.45, 2.75) is 64.9 Å². The Morgan fingerprint density at radius 3 is 2.62 bits per heavy atom. The fourth-order valence-electron chi connectivity index (χ4n) is 3.56. The molecule has 0 saturated heterocycles. The van der Waals surface area contributed by atoms with Crippen LogP contribution in [0.4, 0.5) is 5.69 Å². The molecule has 5 heteroatoms. The Morgan fingerprint density at radius 2 is 1.93 bits per heavy atom. The number of carbonyl (C=O) groups excluding carboxylic acids is 1. The molecule has 2 aromatic carbocycles. The first-order valence-corrected chi connectivity index (χ1v) is 10.3. The number of anilines is 1. The lowest BCUT2D eigenvalue weighted by molar-refractivity contribution is -0.182. The quantitative estimate of drug-likeness (QED) is 0.486. The van der Waals surface area contributed by atoms with Crippen molar-refractivity contribution >= 4 is 11.7 Å². The van der Waals surface area contributed by atoms with Crippen molar-refractivity contribution in [3.8, 4) is 5.75 Å². The van der Waals surface area contributed by atoms with Crippen LogP contribution in [0.25, 0.3) is 0 Å². The van der Waals surface area contributed by atoms with Crippen LogP contribution in [0, 0.1) is 0 Å². The molecule has 2 aromatic rings. The van der Waals surface area contributed by atoms with Crippen LogP contribution in [-0.2, 0) is 20.8 Å². The van der Waals surface area contributed by atoms with Crippen LogP contribution in [0.3, 0.4) is 0 Å². The summed E-state index contributed by atoms with van der Waals surface area (Å²) in [4.78, 5) is 11.8. The largest absolute Gasteiger partial charge is 0.483 e. The molecular weight excluding hydrogens is 366 g/mol. The minimum absolute atomic E-state index is 0.336. The Kier molecular flexibility index (Phi) is 6.80. The average molecular weight is 398 g/mol. The van der Waals surface area contributed by atoms with Gasteiger partial charge in [-0.05, 0) is 44.0 Å². The summed E-state index contributed by atoms with van der Waals surface area (Å²) in [5, 5.41) is 3.46. The van der Waals surface area contributed by atoms with E-state index in [4.69, 9.17) is 14.2 Å². The molecule has 1 N–H and O–H groups in total. The Hall–Kier alpha value is -2.53. The third-order valence-corrected chi connectivity index (χ3v) is 5.08. The minimum Gasteiger partial charge on any atom is -0.483 e. The van der Waals surface area contributed by atoms with Gasteiger partial charge in [-0.2, -0.15) is 0 Å². The van der Waals surface area contributed by atoms with E-state index in [1.54, 1.807) is 0 Å². The summed E-state index contributed by atoms with van der Waals surface area (Å²) in [7, 11) is 0. The number of esters is 1. The number of benzene rings is 2. The predicted molar refractivity (Wildman–Crippen MR) is 114 cm³/mol. The van der Waals surface area contributed by atoms with E-state index in [0.29, 0.717) is 6.61 Å². The maximum absolute atomic E-state index is 11.8. The van der Waals surface area contributed by atoms with Crippen LogP contribution in [-0.4, -0.2) is 24.3 Å². The molecule has 0 saturated carbocycles. The SMILES string of the molecule is CCCCOC1c2cc(NCc3ccccc3)ccc2OC(C)(C)C1OC(C)=O. The van der Waals surface area contributed by atoms with E-state index < -0.39 is 11.7 Å². The molecule has 3 rings (SSSR count). The molecule has 2 unspecified atom stereocenters. The number of nitrogens with one attached hydrogen (secondary N) is 1. The lowest BCUT2D eigenvalue weighted by atomic mass is 9.87. The summed E-state index contributed by atoms with van der Waals surface area (Å²) < 4.78 is 18.1. The molecule has 29 heavy (non-hydrogen) atoms. The minimum atomic E-state index is -0.686. The van der Waals surface area contributed by atoms with Crippen LogP contribution < -0.4 is 10.1 Å². The Labute approximate surface area is 173 Å². The van der Waals surface area contributed by atoms with Gasteiger partial charge in [0.1, 0.15) is 17.5 Å². The van der Waals surface area contributed by atoms with Crippen LogP contribution in [0.15, 0.2) is 48.5 Å². The van der Waals surface area contributed by atoms with E-state index in [-0.39, 0.29) is 12.1 Å². The van der Waals surface area contributed by atoms with Gasteiger partial charge in [0, 0.05) is 31.3 Å². The van der Waals surface area contributed by atoms with E-state index in [1.165, 1.54) is 12.5 Å². The number of ether oxygens (including phenoxy) is 3. The molecule has 0 spiro atoms. The van der Waals surface area contributed by atoms with Gasteiger partial charge >= 0.3 is 5.97 Å². The first kappa shape index (κ1) is 21.2. The Morgan fingerprint density at radius 1 is 1.17 bits per heavy atom. The lowest BCUT2D eigenvalue weighted by Gasteiger charge is -2.43. The topological polar surface area (TPSA) is 56.8 Å². The number of hydrogen-bond donors (Lipinski definition) is 1. The van der Waals surface area contributed by atoms with Crippen LogP contribution in [0.1, 0.15) is 57.8 Å². The summed E-state index contributed by atoms with van der Waals surface area (Å²) in [6.45, 7) is 8.74. The van der Waals surface area contributed by atoms with Gasteiger partial charge in [-0.15, -0.1) is 0 Å². The molecule has 2 atom stereocenters. The highest BCUT2D eigenvalue weighted by molar-refractivity contribution is 5.66. The van der Waals surface area contributed by atoms with Crippen molar-refractivity contribution in [1.82, 2.24) is 0 Å². The van der Waals surface area contributed by atoms with Gasteiger partial charge in [-0.3, -0.25) is 4.79 Å². The van der Waals surface area contributed by atoms with Crippen molar-refractivity contribution in [3.63, 3.8) is 0 Å². The van der Waals surface area contributed by atoms with Gasteiger partial charge in [0.05, 0.1) is 0 Å². The molecule has 0 fully saturated rings. The first-order chi connectivity index (χ1) is 13.9. The number of unbranched alkanes of at least 4 members (excludes halogenated alkanes) is 1. The third-order valence-electron chi connectivity index (χ3n) is 5.08. The van der Waals surface area contributed by atoms with Crippen LogP contribution in [0.5, 0.6) is 5.75 Å². The summed E-state index contributed by atoms with van der Waals surface area (Å²) in [5.74, 6) is 0.433. The van der Waals surface area contributed by atoms with Gasteiger partial charge in [0.15, 0.2) is 6.10 Å². The summed E-state index contributed by atoms with van der Waals surface area (Å²) in [6, 6.07) is 16.3. The molecule has 0 amide bonds. The molecule has 0 bridgehead atoms. The highest BCUT2D eigenvalue weighted by Crippen LogP contribution is 2.44. The molecule has 0 aliphatic carbocycles. The van der Waals surface area contributed by atoms with Gasteiger partial charge in [0.2, 0.25) is 0 Å². The zero-order valence-corrected chi connectivity index (χ0v) is 17.7. The maximum atomic E-state index is 11.8. The molecule has 0 aromatic heterocycles. The summed E-state index contributed by atoms with van der Waals surface area (Å²) >= 11 is 0. The number of carbonyl (C=O) groups is 1. The second-order valence-electron chi connectivity index (χ2n) is 7.97. The standard InChI is InChI=1S/C24H31NO4/c1-5-6-14-27-22-20-15-19(25-16-18-10-8-7-9-11-18)12-13-21(20)29-24(3,4)23(22)28-17(2)26/h7-13,15,22-23,25H,5-6,14,16H2,1-4H3. The van der Waals surface area contributed by atoms with Crippen molar-refractivity contribution < 1.29 is 19.0 Å². The predicted octanol–water partition coefficient (Wildman–Crippen LogP) is 5.26. The average Bonchev–Trinajstić information content (AvgIpc) is 2.69. The smallest absolute Gasteiger partial charge is 0.303 e. The molecule has 1 aliphatic rings. The second-order valence-corrected chi connectivity index (χ2v) is 7.97. The molecule has 1 aliphatic heterocycles. The van der Waals surface area contributed by atoms with Gasteiger partial charge in [0.25, 0.3) is 0 Å². The molecule has 5 nitrogen and oxygen atoms in total. The van der Waals surface area contributed by atoms with Crippen LogP contribution in [0.2, 0.25) is 0 Å². The maximum Gasteiger partial charge on any atom is 0.303 e. The van der Waals surface area contributed by atoms with Gasteiger partial charge in [-0.1, -0.05) is 43.7 Å². The zero-order chi connectivity index (χ0) is 20.9. The summed E-state index contributed by atoms with van der Waals surface area (Å²) in [5.41, 5.74) is 2.40. The van der Waals surface area contributed by atoms with Crippen molar-refractivity contribution in [2.75, 3.05) is 11.9 Å². The number of fused-ring (bicyclic) bond motifs is 1. The molecule has 156 valence electrons. The lowest BCUT2D eigenvalue weighted by Crippen LogP contribution is -2.51. The Balaban J connectivity index is 1.87. The third kappa shape index (κ3) is 5.30. The first-order valence-electron chi connectivity index (χ1n) is 10.3. The highest BCUT2D eigenvalue weighted by Gasteiger charge is 2.47. The number of rotatable bonds is 8. The van der Waals surface area contributed by atoms with Crippen molar-refractivity contribution in [3.05, 3.63) is 59.7 Å². The second kappa shape index (κ2) is 9.31. The fourth-order valence-corrected chi connectivity index (χ4v) is 3.56. The molecular formula is C24H31NO4. The van der Waals surface area contributed by atoms with Crippen molar-refractivity contribution in [2.24, 2.45) is 0 Å². The summed E-state index contributed by atoms with van der Waals surface area (Å²) in [6.07, 6.45) is 1.10. The fraction of sp³-hybridized carbons (Fsp3) is 0.458. The van der Waals surface area contributed by atoms with Crippen LogP contribution >= 0.6 is 0 Å². The number of hydrogen-bond acceptors (Lipinski definition) is 5. The van der Waals surface area contributed by atoms with E-state index in [0.717, 1.165) is 36.4 Å². The van der Waals surface area contributed by atoms with E-state index in [2.05, 4.69) is 24.4 Å². The zero-order valence-electron chi connectivity index (χ0n) is 17.7. The van der Waals surface area contributed by atoms with E-state index in [1.807, 2.05) is 50.2 Å². The van der Waals surface area contributed by atoms with E-state index >= 15 is 0 Å². The Bertz CT molecular complexity index is 819. The highest BCUT2D eigenvalue weighted by atomic mass is 16.6. The molecule has 0 radical (unpaired) electrons. The van der Waals surface area contributed by atoms with Gasteiger partial charge < -0.3 is 19.5 Å². The van der Waals surface area contributed by atoms with E-state index in [9.17, 15) is 4.79 Å². The monoisotopic (exact) mass is 397 g/mol. The molecule has 1 heterocycles. The van der Waals surface area contributed by atoms with Gasteiger partial charge in [-0.25, -0.2) is 0 Å². The normalized spacial score (nSPS) is 19.7. The van der Waals surface area contributed by atoms with Crippen molar-refractivity contribution in [1.29, 1.82) is 0 Å².